The van der Waals surface area contributed by atoms with Gasteiger partial charge < -0.3 is 9.30 Å². The number of hydrogen-bond donors (Lipinski definition) is 0. The highest BCUT2D eigenvalue weighted by atomic mass is 31.2. The Morgan fingerprint density at radius 2 is 1.15 bits per heavy atom. The first-order valence-corrected chi connectivity index (χ1v) is 13.1. The van der Waals surface area contributed by atoms with Crippen LogP contribution in [0, 0.1) is 0 Å². The number of rotatable bonds is 4. The molecular weight excluding hydrogens is 435 g/mol. The Balaban J connectivity index is 1.77. The SMILES string of the molecule is O=P(C1=C(c2ccccc2)c2c(ccc3ccccc23)OC1)(c1ccccc1)c1ccccc1. The van der Waals surface area contributed by atoms with Gasteiger partial charge in [-0.15, -0.1) is 0 Å². The molecule has 34 heavy (non-hydrogen) atoms. The topological polar surface area (TPSA) is 26.3 Å². The van der Waals surface area contributed by atoms with Crippen LogP contribution >= 0.6 is 7.14 Å². The average Bonchev–Trinajstić information content (AvgIpc) is 2.93. The first-order chi connectivity index (χ1) is 16.8. The van der Waals surface area contributed by atoms with Gasteiger partial charge in [-0.3, -0.25) is 0 Å². The van der Waals surface area contributed by atoms with Crippen molar-refractivity contribution in [3.8, 4) is 5.75 Å². The van der Waals surface area contributed by atoms with E-state index in [9.17, 15) is 0 Å². The molecule has 0 bridgehead atoms. The molecule has 3 heteroatoms. The Bertz CT molecular complexity index is 1510. The molecule has 2 nitrogen and oxygen atoms in total. The van der Waals surface area contributed by atoms with Crippen molar-refractivity contribution in [3.63, 3.8) is 0 Å². The van der Waals surface area contributed by atoms with Crippen molar-refractivity contribution in [2.45, 2.75) is 0 Å². The van der Waals surface area contributed by atoms with Gasteiger partial charge in [0.05, 0.1) is 0 Å². The summed E-state index contributed by atoms with van der Waals surface area (Å²) in [5.74, 6) is 0.828. The molecule has 0 unspecified atom stereocenters. The summed E-state index contributed by atoms with van der Waals surface area (Å²) in [7, 11) is -3.20. The van der Waals surface area contributed by atoms with E-state index in [4.69, 9.17) is 4.74 Å². The lowest BCUT2D eigenvalue weighted by Gasteiger charge is -2.31. The molecule has 0 radical (unpaired) electrons. The lowest BCUT2D eigenvalue weighted by atomic mass is 9.91. The monoisotopic (exact) mass is 458 g/mol. The van der Waals surface area contributed by atoms with Gasteiger partial charge >= 0.3 is 0 Å². The molecular formula is C31H23O2P. The van der Waals surface area contributed by atoms with E-state index in [1.165, 1.54) is 0 Å². The highest BCUT2D eigenvalue weighted by Gasteiger charge is 2.38. The minimum absolute atomic E-state index is 0.274. The molecule has 1 aliphatic rings. The zero-order valence-electron chi connectivity index (χ0n) is 18.6. The van der Waals surface area contributed by atoms with Crippen LogP contribution in [0.5, 0.6) is 5.75 Å². The predicted molar refractivity (Wildman–Crippen MR) is 142 cm³/mol. The Kier molecular flexibility index (Phi) is 5.17. The van der Waals surface area contributed by atoms with Gasteiger partial charge in [-0.25, -0.2) is 0 Å². The zero-order chi connectivity index (χ0) is 23.0. The van der Waals surface area contributed by atoms with Gasteiger partial charge in [0.1, 0.15) is 12.4 Å². The second kappa shape index (κ2) is 8.48. The largest absolute Gasteiger partial charge is 0.488 e. The molecule has 5 aromatic carbocycles. The Morgan fingerprint density at radius 1 is 0.588 bits per heavy atom. The molecule has 0 N–H and O–H groups in total. The molecule has 0 spiro atoms. The molecule has 0 aromatic heterocycles. The molecule has 0 saturated carbocycles. The van der Waals surface area contributed by atoms with Crippen molar-refractivity contribution in [2.24, 2.45) is 0 Å². The molecule has 0 amide bonds. The molecule has 0 aliphatic carbocycles. The fourth-order valence-corrected chi connectivity index (χ4v) is 7.80. The normalized spacial score (nSPS) is 13.4. The van der Waals surface area contributed by atoms with E-state index in [1.807, 2.05) is 97.1 Å². The summed E-state index contributed by atoms with van der Waals surface area (Å²) in [6, 6.07) is 42.4. The first kappa shape index (κ1) is 20.7. The Labute approximate surface area is 199 Å². The van der Waals surface area contributed by atoms with E-state index in [0.29, 0.717) is 0 Å². The third kappa shape index (κ3) is 3.31. The lowest BCUT2D eigenvalue weighted by Crippen LogP contribution is -2.23. The van der Waals surface area contributed by atoms with Crippen LogP contribution in [0.3, 0.4) is 0 Å². The highest BCUT2D eigenvalue weighted by Crippen LogP contribution is 2.58. The van der Waals surface area contributed by atoms with Crippen LogP contribution in [0.15, 0.2) is 133 Å². The van der Waals surface area contributed by atoms with Crippen molar-refractivity contribution >= 4 is 34.1 Å². The van der Waals surface area contributed by atoms with Crippen molar-refractivity contribution < 1.29 is 9.30 Å². The highest BCUT2D eigenvalue weighted by molar-refractivity contribution is 7.82. The molecule has 5 aromatic rings. The fourth-order valence-electron chi connectivity index (χ4n) is 4.89. The summed E-state index contributed by atoms with van der Waals surface area (Å²) in [6.07, 6.45) is 0. The minimum Gasteiger partial charge on any atom is -0.488 e. The van der Waals surface area contributed by atoms with E-state index in [1.54, 1.807) is 0 Å². The molecule has 0 fully saturated rings. The van der Waals surface area contributed by atoms with Crippen LogP contribution in [0.25, 0.3) is 16.3 Å². The minimum atomic E-state index is -3.20. The Morgan fingerprint density at radius 3 is 1.79 bits per heavy atom. The third-order valence-electron chi connectivity index (χ3n) is 6.48. The van der Waals surface area contributed by atoms with E-state index < -0.39 is 7.14 Å². The third-order valence-corrected chi connectivity index (χ3v) is 9.64. The van der Waals surface area contributed by atoms with E-state index >= 15 is 4.57 Å². The zero-order valence-corrected chi connectivity index (χ0v) is 19.5. The van der Waals surface area contributed by atoms with Crippen LogP contribution in [0.1, 0.15) is 11.1 Å². The maximum atomic E-state index is 15.4. The summed E-state index contributed by atoms with van der Waals surface area (Å²) in [4.78, 5) is 0. The molecule has 164 valence electrons. The summed E-state index contributed by atoms with van der Waals surface area (Å²) in [5.41, 5.74) is 3.07. The van der Waals surface area contributed by atoms with Gasteiger partial charge in [0.15, 0.2) is 7.14 Å². The number of benzene rings is 5. The standard InChI is InChI=1S/C31H23O2P/c32-34(25-15-6-2-7-16-25,26-17-8-3-9-18-26)29-22-33-28-21-20-23-12-10-11-19-27(23)31(28)30(29)24-13-4-1-5-14-24/h1-21H,22H2. The maximum absolute atomic E-state index is 15.4. The number of hydrogen-bond acceptors (Lipinski definition) is 2. The van der Waals surface area contributed by atoms with E-state index in [0.717, 1.165) is 49.1 Å². The van der Waals surface area contributed by atoms with Crippen molar-refractivity contribution in [1.29, 1.82) is 0 Å². The average molecular weight is 458 g/mol. The van der Waals surface area contributed by atoms with Gasteiger partial charge in [-0.1, -0.05) is 121 Å². The summed E-state index contributed by atoms with van der Waals surface area (Å²) in [6.45, 7) is 0.274. The van der Waals surface area contributed by atoms with Crippen molar-refractivity contribution in [1.82, 2.24) is 0 Å². The predicted octanol–water partition coefficient (Wildman–Crippen LogP) is 7.01. The van der Waals surface area contributed by atoms with Crippen LogP contribution < -0.4 is 15.3 Å². The van der Waals surface area contributed by atoms with Crippen LogP contribution in [0.2, 0.25) is 0 Å². The second-order valence-corrected chi connectivity index (χ2v) is 11.2. The summed E-state index contributed by atoms with van der Waals surface area (Å²) in [5, 5.41) is 4.70. The van der Waals surface area contributed by atoms with Crippen molar-refractivity contribution in [3.05, 3.63) is 144 Å². The van der Waals surface area contributed by atoms with E-state index in [2.05, 4.69) is 30.3 Å². The fraction of sp³-hybridized carbons (Fsp3) is 0.0323. The Hall–Kier alpha value is -3.87. The number of fused-ring (bicyclic) bond motifs is 3. The number of ether oxygens (including phenoxy) is 1. The molecule has 0 saturated heterocycles. The van der Waals surface area contributed by atoms with Gasteiger partial charge in [0.2, 0.25) is 0 Å². The van der Waals surface area contributed by atoms with E-state index in [-0.39, 0.29) is 6.61 Å². The molecule has 6 rings (SSSR count). The smallest absolute Gasteiger partial charge is 0.171 e. The van der Waals surface area contributed by atoms with Gasteiger partial charge in [-0.2, -0.15) is 0 Å². The first-order valence-electron chi connectivity index (χ1n) is 11.4. The van der Waals surface area contributed by atoms with Crippen LogP contribution in [-0.2, 0) is 4.57 Å². The van der Waals surface area contributed by atoms with Gasteiger partial charge in [-0.05, 0) is 22.4 Å². The van der Waals surface area contributed by atoms with Gasteiger partial charge in [0.25, 0.3) is 0 Å². The van der Waals surface area contributed by atoms with Crippen LogP contribution in [-0.4, -0.2) is 6.61 Å². The quantitative estimate of drug-likeness (QED) is 0.271. The molecule has 0 atom stereocenters. The summed E-state index contributed by atoms with van der Waals surface area (Å²) < 4.78 is 21.7. The second-order valence-electron chi connectivity index (χ2n) is 8.42. The van der Waals surface area contributed by atoms with Crippen molar-refractivity contribution in [2.75, 3.05) is 6.61 Å². The molecule has 1 heterocycles. The summed E-state index contributed by atoms with van der Waals surface area (Å²) >= 11 is 0. The van der Waals surface area contributed by atoms with Crippen LogP contribution in [0.4, 0.5) is 0 Å². The maximum Gasteiger partial charge on any atom is 0.171 e. The lowest BCUT2D eigenvalue weighted by molar-refractivity contribution is 0.353. The van der Waals surface area contributed by atoms with Gasteiger partial charge in [0, 0.05) is 27.1 Å². The molecule has 1 aliphatic heterocycles.